The molecule has 0 bridgehead atoms. The predicted octanol–water partition coefficient (Wildman–Crippen LogP) is 5.25. The number of benzene rings is 2. The van der Waals surface area contributed by atoms with E-state index in [1.807, 2.05) is 53.4 Å². The number of ether oxygens (including phenoxy) is 1. The van der Waals surface area contributed by atoms with Gasteiger partial charge in [-0.15, -0.1) is 0 Å². The van der Waals surface area contributed by atoms with Crippen LogP contribution in [0.2, 0.25) is 0 Å². The van der Waals surface area contributed by atoms with Gasteiger partial charge in [0.05, 0.1) is 18.3 Å². The Hall–Kier alpha value is -2.81. The molecule has 2 aromatic rings. The van der Waals surface area contributed by atoms with Crippen molar-refractivity contribution in [3.8, 4) is 5.75 Å². The molecule has 26 heavy (non-hydrogen) atoms. The maximum Gasteiger partial charge on any atom is 0.251 e. The minimum Gasteiger partial charge on any atom is -0.497 e. The highest BCUT2D eigenvalue weighted by Gasteiger charge is 2.34. The molecule has 0 fully saturated rings. The van der Waals surface area contributed by atoms with Crippen LogP contribution in [0.1, 0.15) is 37.5 Å². The summed E-state index contributed by atoms with van der Waals surface area (Å²) >= 11 is 0. The maximum atomic E-state index is 13.1. The first-order valence-electron chi connectivity index (χ1n) is 8.78. The van der Waals surface area contributed by atoms with E-state index in [9.17, 15) is 4.79 Å². The number of fused-ring (bicyclic) bond motifs is 1. The Bertz CT molecular complexity index is 889. The van der Waals surface area contributed by atoms with Crippen molar-refractivity contribution < 1.29 is 9.53 Å². The molecule has 0 aliphatic carbocycles. The zero-order valence-corrected chi connectivity index (χ0v) is 16.0. The van der Waals surface area contributed by atoms with Crippen LogP contribution in [-0.4, -0.2) is 18.6 Å². The van der Waals surface area contributed by atoms with E-state index < -0.39 is 5.54 Å². The number of aryl methyl sites for hydroxylation is 1. The van der Waals surface area contributed by atoms with E-state index in [1.54, 1.807) is 13.2 Å². The molecule has 0 saturated heterocycles. The summed E-state index contributed by atoms with van der Waals surface area (Å²) in [6, 6.07) is 14.0. The van der Waals surface area contributed by atoms with Crippen LogP contribution in [0.4, 0.5) is 5.69 Å². The zero-order valence-electron chi connectivity index (χ0n) is 16.0. The predicted molar refractivity (Wildman–Crippen MR) is 108 cm³/mol. The summed E-state index contributed by atoms with van der Waals surface area (Å²) in [5, 5.41) is 0. The van der Waals surface area contributed by atoms with Crippen LogP contribution in [0.5, 0.6) is 5.75 Å². The summed E-state index contributed by atoms with van der Waals surface area (Å²) in [5.41, 5.74) is 4.90. The van der Waals surface area contributed by atoms with Gasteiger partial charge in [0.2, 0.25) is 0 Å². The molecule has 2 aromatic carbocycles. The topological polar surface area (TPSA) is 29.5 Å². The van der Waals surface area contributed by atoms with Gasteiger partial charge in [-0.2, -0.15) is 0 Å². The summed E-state index contributed by atoms with van der Waals surface area (Å²) in [6.45, 7) is 8.24. The fraction of sp³-hybridized carbons (Fsp3) is 0.261. The molecule has 1 heterocycles. The Labute approximate surface area is 155 Å². The number of carbonyl (C=O) groups is 1. The highest BCUT2D eigenvalue weighted by Crippen LogP contribution is 2.40. The summed E-state index contributed by atoms with van der Waals surface area (Å²) in [7, 11) is 1.65. The Morgan fingerprint density at radius 3 is 2.42 bits per heavy atom. The minimum atomic E-state index is -0.402. The Balaban J connectivity index is 1.97. The number of methoxy groups -OCH3 is 1. The first-order valence-corrected chi connectivity index (χ1v) is 8.78. The largest absolute Gasteiger partial charge is 0.497 e. The van der Waals surface area contributed by atoms with E-state index in [0.717, 1.165) is 28.1 Å². The average Bonchev–Trinajstić information content (AvgIpc) is 2.60. The minimum absolute atomic E-state index is 0.0364. The molecule has 3 nitrogen and oxygen atoms in total. The normalized spacial score (nSPS) is 15.6. The van der Waals surface area contributed by atoms with E-state index in [2.05, 4.69) is 33.8 Å². The third-order valence-corrected chi connectivity index (χ3v) is 4.73. The van der Waals surface area contributed by atoms with E-state index >= 15 is 0 Å². The number of hydrogen-bond donors (Lipinski definition) is 0. The van der Waals surface area contributed by atoms with Gasteiger partial charge >= 0.3 is 0 Å². The van der Waals surface area contributed by atoms with E-state index in [-0.39, 0.29) is 5.91 Å². The smallest absolute Gasteiger partial charge is 0.251 e. The van der Waals surface area contributed by atoms with Gasteiger partial charge < -0.3 is 4.74 Å². The molecule has 0 atom stereocenters. The monoisotopic (exact) mass is 347 g/mol. The molecule has 3 heteroatoms. The van der Waals surface area contributed by atoms with Crippen molar-refractivity contribution in [2.45, 2.75) is 33.2 Å². The number of carbonyl (C=O) groups excluding carboxylic acids is 1. The molecule has 1 aliphatic heterocycles. The lowest BCUT2D eigenvalue weighted by atomic mass is 9.88. The Morgan fingerprint density at radius 1 is 1.08 bits per heavy atom. The SMILES string of the molecule is COc1ccc2c(c1)C(C)=CC(C)(C)N2C(=O)C=Cc1ccc(C)cc1. The van der Waals surface area contributed by atoms with E-state index in [1.165, 1.54) is 5.56 Å². The van der Waals surface area contributed by atoms with Crippen LogP contribution in [-0.2, 0) is 4.79 Å². The van der Waals surface area contributed by atoms with Crippen molar-refractivity contribution in [1.29, 1.82) is 0 Å². The summed E-state index contributed by atoms with van der Waals surface area (Å²) in [4.78, 5) is 14.9. The molecule has 1 aliphatic rings. The van der Waals surface area contributed by atoms with Crippen LogP contribution < -0.4 is 9.64 Å². The molecule has 0 aromatic heterocycles. The van der Waals surface area contributed by atoms with Crippen molar-refractivity contribution >= 4 is 23.2 Å². The third kappa shape index (κ3) is 3.43. The van der Waals surface area contributed by atoms with E-state index in [0.29, 0.717) is 0 Å². The first-order chi connectivity index (χ1) is 12.3. The molecule has 0 unspecified atom stereocenters. The fourth-order valence-electron chi connectivity index (χ4n) is 3.46. The lowest BCUT2D eigenvalue weighted by Gasteiger charge is -2.41. The quantitative estimate of drug-likeness (QED) is 0.710. The van der Waals surface area contributed by atoms with Gasteiger partial charge in [-0.25, -0.2) is 0 Å². The van der Waals surface area contributed by atoms with E-state index in [4.69, 9.17) is 4.74 Å². The van der Waals surface area contributed by atoms with Crippen molar-refractivity contribution in [3.05, 3.63) is 71.3 Å². The van der Waals surface area contributed by atoms with Crippen LogP contribution in [0.3, 0.4) is 0 Å². The van der Waals surface area contributed by atoms with Gasteiger partial charge in [0, 0.05) is 11.6 Å². The maximum absolute atomic E-state index is 13.1. The summed E-state index contributed by atoms with van der Waals surface area (Å²) in [5.74, 6) is 0.754. The van der Waals surface area contributed by atoms with Crippen LogP contribution >= 0.6 is 0 Å². The van der Waals surface area contributed by atoms with Gasteiger partial charge in [-0.3, -0.25) is 9.69 Å². The molecule has 0 N–H and O–H groups in total. The summed E-state index contributed by atoms with van der Waals surface area (Å²) < 4.78 is 5.35. The van der Waals surface area contributed by atoms with Crippen LogP contribution in [0.25, 0.3) is 11.6 Å². The molecular weight excluding hydrogens is 322 g/mol. The molecule has 134 valence electrons. The van der Waals surface area contributed by atoms with Gasteiger partial charge in [-0.05, 0) is 63.1 Å². The number of nitrogens with zero attached hydrogens (tertiary/aromatic N) is 1. The zero-order chi connectivity index (χ0) is 18.9. The van der Waals surface area contributed by atoms with Crippen LogP contribution in [0, 0.1) is 6.92 Å². The number of amides is 1. The average molecular weight is 347 g/mol. The van der Waals surface area contributed by atoms with Gasteiger partial charge in [0.25, 0.3) is 5.91 Å². The van der Waals surface area contributed by atoms with Gasteiger partial charge in [-0.1, -0.05) is 35.9 Å². The molecule has 0 spiro atoms. The lowest BCUT2D eigenvalue weighted by Crippen LogP contribution is -2.48. The highest BCUT2D eigenvalue weighted by molar-refractivity contribution is 6.08. The second kappa shape index (κ2) is 6.83. The molecule has 0 radical (unpaired) electrons. The molecule has 0 saturated carbocycles. The van der Waals surface area contributed by atoms with Crippen LogP contribution in [0.15, 0.2) is 54.6 Å². The molecule has 1 amide bonds. The Morgan fingerprint density at radius 2 is 1.77 bits per heavy atom. The fourth-order valence-corrected chi connectivity index (χ4v) is 3.46. The van der Waals surface area contributed by atoms with Gasteiger partial charge in [0.15, 0.2) is 0 Å². The second-order valence-corrected chi connectivity index (χ2v) is 7.28. The van der Waals surface area contributed by atoms with Crippen molar-refractivity contribution in [2.24, 2.45) is 0 Å². The first kappa shape index (κ1) is 18.0. The highest BCUT2D eigenvalue weighted by atomic mass is 16.5. The third-order valence-electron chi connectivity index (χ3n) is 4.73. The number of allylic oxidation sites excluding steroid dienone is 1. The van der Waals surface area contributed by atoms with Crippen molar-refractivity contribution in [1.82, 2.24) is 0 Å². The number of anilines is 1. The number of rotatable bonds is 3. The van der Waals surface area contributed by atoms with Crippen molar-refractivity contribution in [2.75, 3.05) is 12.0 Å². The van der Waals surface area contributed by atoms with Gasteiger partial charge in [0.1, 0.15) is 5.75 Å². The Kier molecular flexibility index (Phi) is 4.73. The molecular formula is C23H25NO2. The standard InChI is InChI=1S/C23H25NO2/c1-16-6-8-18(9-7-16)10-13-22(25)24-21-12-11-19(26-5)14-20(21)17(2)15-23(24,3)4/h6-15H,1-5H3. The molecule has 3 rings (SSSR count). The summed E-state index contributed by atoms with van der Waals surface area (Å²) in [6.07, 6.45) is 5.65. The van der Waals surface area contributed by atoms with Crippen molar-refractivity contribution in [3.63, 3.8) is 0 Å². The number of hydrogen-bond acceptors (Lipinski definition) is 2. The lowest BCUT2D eigenvalue weighted by molar-refractivity contribution is -0.114. The second-order valence-electron chi connectivity index (χ2n) is 7.28.